The highest BCUT2D eigenvalue weighted by molar-refractivity contribution is 5.60. The van der Waals surface area contributed by atoms with Crippen molar-refractivity contribution in [1.82, 2.24) is 4.98 Å². The van der Waals surface area contributed by atoms with Crippen LogP contribution >= 0.6 is 0 Å². The summed E-state index contributed by atoms with van der Waals surface area (Å²) in [4.78, 5) is 13.9. The minimum absolute atomic E-state index is 0.0836. The number of nitro groups is 1. The zero-order valence-electron chi connectivity index (χ0n) is 8.33. The fourth-order valence-corrected chi connectivity index (χ4v) is 1.27. The van der Waals surface area contributed by atoms with Gasteiger partial charge in [-0.2, -0.15) is 0 Å². The van der Waals surface area contributed by atoms with E-state index in [4.69, 9.17) is 0 Å². The van der Waals surface area contributed by atoms with Gasteiger partial charge >= 0.3 is 0 Å². The highest BCUT2D eigenvalue weighted by Crippen LogP contribution is 2.19. The highest BCUT2D eigenvalue weighted by atomic mass is 16.6. The Kier molecular flexibility index (Phi) is 2.77. The molecule has 16 heavy (non-hydrogen) atoms. The lowest BCUT2D eigenvalue weighted by atomic mass is 10.2. The average molecular weight is 215 g/mol. The second-order valence-corrected chi connectivity index (χ2v) is 3.16. The second-order valence-electron chi connectivity index (χ2n) is 3.16. The summed E-state index contributed by atoms with van der Waals surface area (Å²) in [5.41, 5.74) is 1.78. The third-order valence-electron chi connectivity index (χ3n) is 2.05. The number of nitro benzene ring substituents is 1. The van der Waals surface area contributed by atoms with E-state index in [9.17, 15) is 10.1 Å². The van der Waals surface area contributed by atoms with Crippen molar-refractivity contribution in [2.24, 2.45) is 0 Å². The van der Waals surface area contributed by atoms with Crippen LogP contribution in [0.2, 0.25) is 0 Å². The van der Waals surface area contributed by atoms with E-state index in [-0.39, 0.29) is 5.69 Å². The van der Waals surface area contributed by atoms with Gasteiger partial charge in [0.1, 0.15) is 0 Å². The van der Waals surface area contributed by atoms with Crippen molar-refractivity contribution in [3.63, 3.8) is 0 Å². The Morgan fingerprint density at radius 2 is 1.56 bits per heavy atom. The molecule has 0 aliphatic rings. The van der Waals surface area contributed by atoms with Gasteiger partial charge in [-0.25, -0.2) is 0 Å². The number of hydrogen-bond acceptors (Lipinski definition) is 4. The van der Waals surface area contributed by atoms with Crippen LogP contribution in [0.15, 0.2) is 48.8 Å². The monoisotopic (exact) mass is 215 g/mol. The average Bonchev–Trinajstić information content (AvgIpc) is 2.31. The van der Waals surface area contributed by atoms with Gasteiger partial charge in [0.25, 0.3) is 5.69 Å². The zero-order valence-corrected chi connectivity index (χ0v) is 8.33. The van der Waals surface area contributed by atoms with Gasteiger partial charge in [-0.15, -0.1) is 0 Å². The molecule has 1 aromatic carbocycles. The maximum absolute atomic E-state index is 10.4. The normalized spacial score (nSPS) is 9.75. The molecule has 2 rings (SSSR count). The van der Waals surface area contributed by atoms with Crippen molar-refractivity contribution in [2.75, 3.05) is 5.32 Å². The SMILES string of the molecule is O=[N+]([O-])c1ccc(Nc2ccncc2)cc1. The lowest BCUT2D eigenvalue weighted by Crippen LogP contribution is -1.91. The Morgan fingerprint density at radius 3 is 2.12 bits per heavy atom. The molecule has 0 aliphatic carbocycles. The first-order valence-corrected chi connectivity index (χ1v) is 4.67. The molecule has 0 saturated carbocycles. The molecule has 0 fully saturated rings. The molecule has 5 heteroatoms. The maximum Gasteiger partial charge on any atom is 0.269 e. The lowest BCUT2D eigenvalue weighted by Gasteiger charge is -2.04. The Morgan fingerprint density at radius 1 is 1.00 bits per heavy atom. The van der Waals surface area contributed by atoms with E-state index in [1.807, 2.05) is 12.1 Å². The third-order valence-corrected chi connectivity index (χ3v) is 2.05. The number of aromatic nitrogens is 1. The Bertz CT molecular complexity index is 482. The van der Waals surface area contributed by atoms with Gasteiger partial charge in [-0.3, -0.25) is 15.1 Å². The summed E-state index contributed by atoms with van der Waals surface area (Å²) in [6, 6.07) is 9.90. The predicted molar refractivity (Wildman–Crippen MR) is 60.6 cm³/mol. The number of pyridine rings is 1. The van der Waals surface area contributed by atoms with E-state index in [0.29, 0.717) is 0 Å². The quantitative estimate of drug-likeness (QED) is 0.631. The molecule has 0 saturated heterocycles. The van der Waals surface area contributed by atoms with E-state index in [0.717, 1.165) is 11.4 Å². The maximum atomic E-state index is 10.4. The number of benzene rings is 1. The number of nitrogens with zero attached hydrogens (tertiary/aromatic N) is 2. The Hall–Kier alpha value is -2.43. The molecule has 0 unspecified atom stereocenters. The molecular weight excluding hydrogens is 206 g/mol. The summed E-state index contributed by atoms with van der Waals surface area (Å²) in [6.07, 6.45) is 3.35. The Labute approximate surface area is 91.9 Å². The molecule has 0 radical (unpaired) electrons. The molecule has 1 N–H and O–H groups in total. The standard InChI is InChI=1S/C11H9N3O2/c15-14(16)11-3-1-9(2-4-11)13-10-5-7-12-8-6-10/h1-8H,(H,12,13). The first-order valence-electron chi connectivity index (χ1n) is 4.67. The summed E-state index contributed by atoms with van der Waals surface area (Å²) >= 11 is 0. The van der Waals surface area contributed by atoms with Crippen LogP contribution in [0.5, 0.6) is 0 Å². The highest BCUT2D eigenvalue weighted by Gasteiger charge is 2.03. The number of hydrogen-bond donors (Lipinski definition) is 1. The van der Waals surface area contributed by atoms with Gasteiger partial charge in [0.05, 0.1) is 4.92 Å². The van der Waals surface area contributed by atoms with Crippen molar-refractivity contribution in [2.45, 2.75) is 0 Å². The third kappa shape index (κ3) is 2.33. The zero-order chi connectivity index (χ0) is 11.4. The second kappa shape index (κ2) is 4.39. The molecular formula is C11H9N3O2. The van der Waals surface area contributed by atoms with Crippen molar-refractivity contribution in [3.8, 4) is 0 Å². The summed E-state index contributed by atoms with van der Waals surface area (Å²) < 4.78 is 0. The molecule has 0 spiro atoms. The minimum Gasteiger partial charge on any atom is -0.355 e. The molecule has 1 aromatic heterocycles. The predicted octanol–water partition coefficient (Wildman–Crippen LogP) is 2.73. The summed E-state index contributed by atoms with van der Waals surface area (Å²) in [6.45, 7) is 0. The van der Waals surface area contributed by atoms with Crippen molar-refractivity contribution in [1.29, 1.82) is 0 Å². The van der Waals surface area contributed by atoms with Crippen LogP contribution in [-0.2, 0) is 0 Å². The van der Waals surface area contributed by atoms with E-state index in [1.54, 1.807) is 24.5 Å². The van der Waals surface area contributed by atoms with Crippen LogP contribution in [0.25, 0.3) is 0 Å². The molecule has 0 amide bonds. The van der Waals surface area contributed by atoms with Gasteiger partial charge in [-0.1, -0.05) is 0 Å². The number of rotatable bonds is 3. The number of non-ortho nitro benzene ring substituents is 1. The molecule has 2 aromatic rings. The van der Waals surface area contributed by atoms with Crippen LogP contribution in [0, 0.1) is 10.1 Å². The summed E-state index contributed by atoms with van der Waals surface area (Å²) in [5.74, 6) is 0. The van der Waals surface area contributed by atoms with Crippen LogP contribution in [0.4, 0.5) is 17.1 Å². The van der Waals surface area contributed by atoms with Gasteiger partial charge < -0.3 is 5.32 Å². The number of nitrogens with one attached hydrogen (secondary N) is 1. The van der Waals surface area contributed by atoms with Gasteiger partial charge in [0.15, 0.2) is 0 Å². The molecule has 0 atom stereocenters. The van der Waals surface area contributed by atoms with Crippen LogP contribution in [0.3, 0.4) is 0 Å². The van der Waals surface area contributed by atoms with Crippen LogP contribution in [-0.4, -0.2) is 9.91 Å². The molecule has 5 nitrogen and oxygen atoms in total. The molecule has 80 valence electrons. The summed E-state index contributed by atoms with van der Waals surface area (Å²) in [5, 5.41) is 13.6. The number of anilines is 2. The van der Waals surface area contributed by atoms with Crippen molar-refractivity contribution >= 4 is 17.1 Å². The lowest BCUT2D eigenvalue weighted by molar-refractivity contribution is -0.384. The first-order chi connectivity index (χ1) is 7.75. The molecule has 0 aliphatic heterocycles. The minimum atomic E-state index is -0.420. The van der Waals surface area contributed by atoms with Gasteiger partial charge in [0, 0.05) is 35.9 Å². The topological polar surface area (TPSA) is 68.1 Å². The van der Waals surface area contributed by atoms with Crippen molar-refractivity contribution in [3.05, 3.63) is 58.9 Å². The summed E-state index contributed by atoms with van der Waals surface area (Å²) in [7, 11) is 0. The Balaban J connectivity index is 2.14. The fraction of sp³-hybridized carbons (Fsp3) is 0. The molecule has 0 bridgehead atoms. The largest absolute Gasteiger partial charge is 0.355 e. The molecule has 1 heterocycles. The van der Waals surface area contributed by atoms with E-state index >= 15 is 0 Å². The van der Waals surface area contributed by atoms with E-state index in [1.165, 1.54) is 12.1 Å². The fourth-order valence-electron chi connectivity index (χ4n) is 1.27. The van der Waals surface area contributed by atoms with Gasteiger partial charge in [0.2, 0.25) is 0 Å². The van der Waals surface area contributed by atoms with Gasteiger partial charge in [-0.05, 0) is 24.3 Å². The van der Waals surface area contributed by atoms with Crippen LogP contribution < -0.4 is 5.32 Å². The van der Waals surface area contributed by atoms with Crippen molar-refractivity contribution < 1.29 is 4.92 Å². The van der Waals surface area contributed by atoms with E-state index in [2.05, 4.69) is 10.3 Å². The van der Waals surface area contributed by atoms with E-state index < -0.39 is 4.92 Å². The smallest absolute Gasteiger partial charge is 0.269 e. The first kappa shape index (κ1) is 10.1. The van der Waals surface area contributed by atoms with Crippen LogP contribution in [0.1, 0.15) is 0 Å².